The topological polar surface area (TPSA) is 72.5 Å². The number of guanidine groups is 1. The molecule has 1 aliphatic rings. The van der Waals surface area contributed by atoms with Crippen LogP contribution in [0, 0.1) is 11.8 Å². The number of halogens is 1. The molecular weight excluding hydrogens is 415 g/mol. The summed E-state index contributed by atoms with van der Waals surface area (Å²) in [6, 6.07) is 3.89. The van der Waals surface area contributed by atoms with Crippen LogP contribution in [-0.2, 0) is 6.54 Å². The zero-order valence-electron chi connectivity index (χ0n) is 15.0. The minimum atomic E-state index is 0. The highest BCUT2D eigenvalue weighted by molar-refractivity contribution is 14.0. The van der Waals surface area contributed by atoms with Gasteiger partial charge in [-0.05, 0) is 49.7 Å². The summed E-state index contributed by atoms with van der Waals surface area (Å²) in [7, 11) is 0. The largest absolute Gasteiger partial charge is 0.475 e. The van der Waals surface area contributed by atoms with E-state index in [9.17, 15) is 0 Å². The second kappa shape index (κ2) is 10.7. The van der Waals surface area contributed by atoms with Gasteiger partial charge in [-0.15, -0.1) is 24.0 Å². The molecule has 0 saturated heterocycles. The molecule has 1 aromatic rings. The number of aromatic nitrogens is 1. The van der Waals surface area contributed by atoms with Crippen molar-refractivity contribution in [3.05, 3.63) is 23.9 Å². The summed E-state index contributed by atoms with van der Waals surface area (Å²) in [5.74, 6) is 2.56. The van der Waals surface area contributed by atoms with Crippen LogP contribution in [0.25, 0.3) is 0 Å². The lowest BCUT2D eigenvalue weighted by atomic mass is 9.85. The first-order valence-electron chi connectivity index (χ1n) is 8.68. The number of hydrogen-bond acceptors (Lipinski definition) is 3. The van der Waals surface area contributed by atoms with Crippen molar-refractivity contribution < 1.29 is 4.74 Å². The van der Waals surface area contributed by atoms with E-state index in [4.69, 9.17) is 10.5 Å². The fraction of sp³-hybridized carbons (Fsp3) is 0.667. The molecule has 0 bridgehead atoms. The first-order valence-corrected chi connectivity index (χ1v) is 8.68. The molecule has 5 nitrogen and oxygen atoms in total. The third-order valence-corrected chi connectivity index (χ3v) is 4.15. The van der Waals surface area contributed by atoms with Gasteiger partial charge in [0.1, 0.15) is 0 Å². The van der Waals surface area contributed by atoms with Crippen LogP contribution in [-0.4, -0.2) is 23.6 Å². The average Bonchev–Trinajstić information content (AvgIpc) is 2.43. The van der Waals surface area contributed by atoms with Crippen LogP contribution in [0.3, 0.4) is 0 Å². The Morgan fingerprint density at radius 3 is 2.79 bits per heavy atom. The predicted octanol–water partition coefficient (Wildman–Crippen LogP) is 3.72. The van der Waals surface area contributed by atoms with E-state index in [2.05, 4.69) is 36.1 Å². The Kier molecular flexibility index (Phi) is 9.39. The van der Waals surface area contributed by atoms with E-state index < -0.39 is 0 Å². The van der Waals surface area contributed by atoms with Gasteiger partial charge in [0.2, 0.25) is 5.88 Å². The van der Waals surface area contributed by atoms with Crippen LogP contribution in [0.4, 0.5) is 0 Å². The van der Waals surface area contributed by atoms with Crippen molar-refractivity contribution in [2.75, 3.05) is 6.54 Å². The second-order valence-electron chi connectivity index (χ2n) is 6.94. The Labute approximate surface area is 162 Å². The van der Waals surface area contributed by atoms with Crippen molar-refractivity contribution in [2.45, 2.75) is 59.1 Å². The standard InChI is InChI=1S/C18H30N4O.HI/c1-13(2)9-14(3)23-17-10-16(7-8-20-17)12-22-18(19)21-11-15-5-4-6-15;/h7-8,10,13-15H,4-6,9,11-12H2,1-3H3,(H3,19,21,22);1H. The fourth-order valence-electron chi connectivity index (χ4n) is 2.71. The van der Waals surface area contributed by atoms with Crippen molar-refractivity contribution in [3.8, 4) is 5.88 Å². The lowest BCUT2D eigenvalue weighted by Crippen LogP contribution is -2.37. The number of ether oxygens (including phenoxy) is 1. The van der Waals surface area contributed by atoms with Crippen molar-refractivity contribution in [3.63, 3.8) is 0 Å². The van der Waals surface area contributed by atoms with Crippen LogP contribution in [0.15, 0.2) is 23.3 Å². The highest BCUT2D eigenvalue weighted by atomic mass is 127. The van der Waals surface area contributed by atoms with E-state index in [1.54, 1.807) is 6.20 Å². The Bertz CT molecular complexity index is 517. The molecule has 24 heavy (non-hydrogen) atoms. The van der Waals surface area contributed by atoms with Crippen molar-refractivity contribution in [2.24, 2.45) is 22.6 Å². The molecule has 0 amide bonds. The van der Waals surface area contributed by atoms with Crippen LogP contribution in [0.2, 0.25) is 0 Å². The highest BCUT2D eigenvalue weighted by Gasteiger charge is 2.16. The molecule has 1 fully saturated rings. The van der Waals surface area contributed by atoms with E-state index in [1.807, 2.05) is 12.1 Å². The van der Waals surface area contributed by atoms with Gasteiger partial charge < -0.3 is 15.8 Å². The third kappa shape index (κ3) is 7.68. The minimum absolute atomic E-state index is 0. The third-order valence-electron chi connectivity index (χ3n) is 4.15. The maximum absolute atomic E-state index is 5.91. The number of hydrogen-bond donors (Lipinski definition) is 2. The number of nitrogens with one attached hydrogen (secondary N) is 1. The zero-order valence-corrected chi connectivity index (χ0v) is 17.3. The molecule has 1 heterocycles. The van der Waals surface area contributed by atoms with E-state index in [1.165, 1.54) is 19.3 Å². The molecule has 1 unspecified atom stereocenters. The number of nitrogens with zero attached hydrogens (tertiary/aromatic N) is 2. The molecule has 0 spiro atoms. The normalized spacial score (nSPS) is 16.2. The van der Waals surface area contributed by atoms with Crippen LogP contribution < -0.4 is 15.8 Å². The molecule has 6 heteroatoms. The van der Waals surface area contributed by atoms with Gasteiger partial charge in [0.05, 0.1) is 12.6 Å². The van der Waals surface area contributed by atoms with Gasteiger partial charge in [0.25, 0.3) is 0 Å². The smallest absolute Gasteiger partial charge is 0.213 e. The summed E-state index contributed by atoms with van der Waals surface area (Å²) in [6.07, 6.45) is 6.90. The molecule has 1 aliphatic carbocycles. The number of pyridine rings is 1. The molecule has 136 valence electrons. The van der Waals surface area contributed by atoms with E-state index in [-0.39, 0.29) is 30.1 Å². The SMILES string of the molecule is CC(C)CC(C)Oc1cc(CN=C(N)NCC2CCC2)ccn1.I. The van der Waals surface area contributed by atoms with E-state index in [0.29, 0.717) is 24.3 Å². The summed E-state index contributed by atoms with van der Waals surface area (Å²) in [5, 5.41) is 3.20. The predicted molar refractivity (Wildman–Crippen MR) is 110 cm³/mol. The number of rotatable bonds is 8. The minimum Gasteiger partial charge on any atom is -0.475 e. The highest BCUT2D eigenvalue weighted by Crippen LogP contribution is 2.25. The quantitative estimate of drug-likeness (QED) is 0.363. The Hall–Kier alpha value is -1.05. The molecule has 3 N–H and O–H groups in total. The molecule has 0 aromatic carbocycles. The molecule has 0 aliphatic heterocycles. The van der Waals surface area contributed by atoms with E-state index in [0.717, 1.165) is 24.4 Å². The van der Waals surface area contributed by atoms with Crippen molar-refractivity contribution in [1.82, 2.24) is 10.3 Å². The van der Waals surface area contributed by atoms with Gasteiger partial charge >= 0.3 is 0 Å². The Balaban J connectivity index is 0.00000288. The van der Waals surface area contributed by atoms with Gasteiger partial charge in [-0.1, -0.05) is 20.3 Å². The van der Waals surface area contributed by atoms with E-state index >= 15 is 0 Å². The summed E-state index contributed by atoms with van der Waals surface area (Å²) >= 11 is 0. The monoisotopic (exact) mass is 446 g/mol. The summed E-state index contributed by atoms with van der Waals surface area (Å²) in [4.78, 5) is 8.67. The second-order valence-corrected chi connectivity index (χ2v) is 6.94. The van der Waals surface area contributed by atoms with Crippen LogP contribution >= 0.6 is 24.0 Å². The summed E-state index contributed by atoms with van der Waals surface area (Å²) < 4.78 is 5.87. The molecule has 2 rings (SSSR count). The summed E-state index contributed by atoms with van der Waals surface area (Å²) in [5.41, 5.74) is 6.97. The van der Waals surface area contributed by atoms with Gasteiger partial charge in [0, 0.05) is 18.8 Å². The molecule has 1 aromatic heterocycles. The Morgan fingerprint density at radius 2 is 2.17 bits per heavy atom. The van der Waals surface area contributed by atoms with Crippen molar-refractivity contribution >= 4 is 29.9 Å². The molecule has 0 radical (unpaired) electrons. The lowest BCUT2D eigenvalue weighted by molar-refractivity contribution is 0.185. The average molecular weight is 446 g/mol. The maximum atomic E-state index is 5.91. The first kappa shape index (κ1) is 21.0. The lowest BCUT2D eigenvalue weighted by Gasteiger charge is -2.25. The molecular formula is C18H31IN4O. The zero-order chi connectivity index (χ0) is 16.7. The fourth-order valence-corrected chi connectivity index (χ4v) is 2.71. The van der Waals surface area contributed by atoms with Crippen LogP contribution in [0.5, 0.6) is 5.88 Å². The van der Waals surface area contributed by atoms with Gasteiger partial charge in [0.15, 0.2) is 5.96 Å². The maximum Gasteiger partial charge on any atom is 0.213 e. The first-order chi connectivity index (χ1) is 11.0. The Morgan fingerprint density at radius 1 is 1.42 bits per heavy atom. The van der Waals surface area contributed by atoms with Crippen molar-refractivity contribution in [1.29, 1.82) is 0 Å². The number of nitrogens with two attached hydrogens (primary N) is 1. The summed E-state index contributed by atoms with van der Waals surface area (Å²) in [6.45, 7) is 7.94. The number of aliphatic imine (C=N–C) groups is 1. The van der Waals surface area contributed by atoms with Gasteiger partial charge in [-0.2, -0.15) is 0 Å². The van der Waals surface area contributed by atoms with Crippen LogP contribution in [0.1, 0.15) is 52.0 Å². The van der Waals surface area contributed by atoms with Gasteiger partial charge in [-0.3, -0.25) is 0 Å². The molecule has 1 atom stereocenters. The molecule has 1 saturated carbocycles. The van der Waals surface area contributed by atoms with Gasteiger partial charge in [-0.25, -0.2) is 9.98 Å².